The molecule has 0 aliphatic carbocycles. The molecule has 2 aromatic rings. The number of hydrogen-bond acceptors (Lipinski definition) is 3. The molecule has 1 aromatic carbocycles. The molecule has 4 heteroatoms. The molecule has 0 radical (unpaired) electrons. The third-order valence-electron chi connectivity index (χ3n) is 3.93. The maximum absolute atomic E-state index is 12.5. The van der Waals surface area contributed by atoms with Gasteiger partial charge in [-0.05, 0) is 37.6 Å². The molecule has 0 bridgehead atoms. The SMILES string of the molecule is COc1ccc2c(ccn2C(=O)[C@@H](C)N2CCC2)c1. The van der Waals surface area contributed by atoms with Crippen molar-refractivity contribution in [1.29, 1.82) is 0 Å². The minimum Gasteiger partial charge on any atom is -0.497 e. The molecule has 100 valence electrons. The van der Waals surface area contributed by atoms with Crippen LogP contribution in [0, 0.1) is 0 Å². The van der Waals surface area contributed by atoms with E-state index < -0.39 is 0 Å². The van der Waals surface area contributed by atoms with Gasteiger partial charge in [0, 0.05) is 24.7 Å². The standard InChI is InChI=1S/C15H18N2O2/c1-11(16-7-3-8-16)15(18)17-9-6-12-10-13(19-2)4-5-14(12)17/h4-6,9-11H,3,7-8H2,1-2H3/t11-/m1/s1. The number of fused-ring (bicyclic) bond motifs is 1. The van der Waals surface area contributed by atoms with Gasteiger partial charge >= 0.3 is 0 Å². The lowest BCUT2D eigenvalue weighted by molar-refractivity contribution is 0.0647. The van der Waals surface area contributed by atoms with Crippen molar-refractivity contribution in [3.63, 3.8) is 0 Å². The largest absolute Gasteiger partial charge is 0.497 e. The zero-order valence-corrected chi connectivity index (χ0v) is 11.3. The molecule has 19 heavy (non-hydrogen) atoms. The van der Waals surface area contributed by atoms with Gasteiger partial charge in [-0.25, -0.2) is 0 Å². The predicted octanol–water partition coefficient (Wildman–Crippen LogP) is 2.38. The van der Waals surface area contributed by atoms with E-state index in [-0.39, 0.29) is 11.9 Å². The van der Waals surface area contributed by atoms with Crippen molar-refractivity contribution in [2.45, 2.75) is 19.4 Å². The molecule has 1 saturated heterocycles. The molecule has 0 amide bonds. The van der Waals surface area contributed by atoms with Crippen molar-refractivity contribution < 1.29 is 9.53 Å². The van der Waals surface area contributed by atoms with Crippen molar-refractivity contribution in [1.82, 2.24) is 9.47 Å². The van der Waals surface area contributed by atoms with Crippen LogP contribution in [0.2, 0.25) is 0 Å². The average molecular weight is 258 g/mol. The second-order valence-corrected chi connectivity index (χ2v) is 5.01. The Hall–Kier alpha value is -1.81. The Labute approximate surface area is 112 Å². The number of methoxy groups -OCH3 is 1. The molecule has 3 rings (SSSR count). The van der Waals surface area contributed by atoms with Crippen LogP contribution in [0.4, 0.5) is 0 Å². The number of hydrogen-bond donors (Lipinski definition) is 0. The first kappa shape index (κ1) is 12.2. The molecule has 4 nitrogen and oxygen atoms in total. The second kappa shape index (κ2) is 4.70. The third-order valence-corrected chi connectivity index (χ3v) is 3.93. The fourth-order valence-electron chi connectivity index (χ4n) is 2.53. The monoisotopic (exact) mass is 258 g/mol. The van der Waals surface area contributed by atoms with Crippen LogP contribution in [-0.4, -0.2) is 41.6 Å². The van der Waals surface area contributed by atoms with Gasteiger partial charge in [0.1, 0.15) is 5.75 Å². The Morgan fingerprint density at radius 3 is 2.74 bits per heavy atom. The van der Waals surface area contributed by atoms with E-state index >= 15 is 0 Å². The van der Waals surface area contributed by atoms with Gasteiger partial charge in [-0.3, -0.25) is 14.3 Å². The van der Waals surface area contributed by atoms with Gasteiger partial charge < -0.3 is 4.74 Å². The third kappa shape index (κ3) is 2.02. The van der Waals surface area contributed by atoms with Crippen LogP contribution in [0.3, 0.4) is 0 Å². The van der Waals surface area contributed by atoms with Crippen molar-refractivity contribution in [2.75, 3.05) is 20.2 Å². The number of rotatable bonds is 3. The summed E-state index contributed by atoms with van der Waals surface area (Å²) in [7, 11) is 1.65. The van der Waals surface area contributed by atoms with Gasteiger partial charge in [-0.15, -0.1) is 0 Å². The minimum atomic E-state index is -0.0496. The summed E-state index contributed by atoms with van der Waals surface area (Å²) in [5.41, 5.74) is 0.943. The molecule has 0 N–H and O–H groups in total. The molecule has 1 aromatic heterocycles. The first-order valence-electron chi connectivity index (χ1n) is 6.64. The normalized spacial score (nSPS) is 17.2. The molecule has 1 fully saturated rings. The summed E-state index contributed by atoms with van der Waals surface area (Å²) in [6, 6.07) is 7.69. The van der Waals surface area contributed by atoms with E-state index in [4.69, 9.17) is 4.74 Å². The Morgan fingerprint density at radius 2 is 2.11 bits per heavy atom. The molecular formula is C15H18N2O2. The van der Waals surface area contributed by atoms with Crippen LogP contribution < -0.4 is 4.74 Å². The summed E-state index contributed by atoms with van der Waals surface area (Å²) in [6.45, 7) is 4.04. The Balaban J connectivity index is 1.93. The number of benzene rings is 1. The molecule has 2 heterocycles. The number of carbonyl (C=O) groups is 1. The number of carbonyl (C=O) groups excluding carboxylic acids is 1. The maximum atomic E-state index is 12.5. The molecule has 0 spiro atoms. The number of aromatic nitrogens is 1. The zero-order chi connectivity index (χ0) is 13.4. The van der Waals surface area contributed by atoms with Gasteiger partial charge in [-0.1, -0.05) is 0 Å². The van der Waals surface area contributed by atoms with Crippen molar-refractivity contribution in [3.8, 4) is 5.75 Å². The predicted molar refractivity (Wildman–Crippen MR) is 74.8 cm³/mol. The minimum absolute atomic E-state index is 0.0496. The van der Waals surface area contributed by atoms with Crippen LogP contribution in [0.15, 0.2) is 30.5 Å². The van der Waals surface area contributed by atoms with Crippen molar-refractivity contribution >= 4 is 16.8 Å². The fourth-order valence-corrected chi connectivity index (χ4v) is 2.53. The van der Waals surface area contributed by atoms with Crippen LogP contribution >= 0.6 is 0 Å². The Bertz CT molecular complexity index is 614. The summed E-state index contributed by atoms with van der Waals surface area (Å²) in [5, 5.41) is 1.03. The quantitative estimate of drug-likeness (QED) is 0.847. The summed E-state index contributed by atoms with van der Waals surface area (Å²) < 4.78 is 6.95. The number of likely N-dealkylation sites (tertiary alicyclic amines) is 1. The van der Waals surface area contributed by atoms with E-state index in [9.17, 15) is 4.79 Å². The van der Waals surface area contributed by atoms with Crippen LogP contribution in [-0.2, 0) is 0 Å². The average Bonchev–Trinajstić information content (AvgIpc) is 2.78. The topological polar surface area (TPSA) is 34.5 Å². The Morgan fingerprint density at radius 1 is 1.32 bits per heavy atom. The van der Waals surface area contributed by atoms with E-state index in [0.717, 1.165) is 29.7 Å². The molecule has 1 atom stereocenters. The van der Waals surface area contributed by atoms with E-state index in [1.807, 2.05) is 37.4 Å². The van der Waals surface area contributed by atoms with E-state index in [1.165, 1.54) is 6.42 Å². The van der Waals surface area contributed by atoms with Gasteiger partial charge in [0.2, 0.25) is 5.91 Å². The zero-order valence-electron chi connectivity index (χ0n) is 11.3. The highest BCUT2D eigenvalue weighted by atomic mass is 16.5. The van der Waals surface area contributed by atoms with Crippen molar-refractivity contribution in [3.05, 3.63) is 30.5 Å². The summed E-state index contributed by atoms with van der Waals surface area (Å²) in [6.07, 6.45) is 3.05. The first-order chi connectivity index (χ1) is 9.20. The van der Waals surface area contributed by atoms with Gasteiger partial charge in [0.25, 0.3) is 0 Å². The van der Waals surface area contributed by atoms with Gasteiger partial charge in [-0.2, -0.15) is 0 Å². The fraction of sp³-hybridized carbons (Fsp3) is 0.400. The van der Waals surface area contributed by atoms with Crippen LogP contribution in [0.25, 0.3) is 10.9 Å². The van der Waals surface area contributed by atoms with E-state index in [1.54, 1.807) is 11.7 Å². The van der Waals surface area contributed by atoms with Crippen LogP contribution in [0.5, 0.6) is 5.75 Å². The summed E-state index contributed by atoms with van der Waals surface area (Å²) in [5.74, 6) is 0.952. The lowest BCUT2D eigenvalue weighted by atomic mass is 10.1. The molecular weight excluding hydrogens is 240 g/mol. The molecule has 1 aliphatic rings. The highest BCUT2D eigenvalue weighted by Gasteiger charge is 2.27. The summed E-state index contributed by atoms with van der Waals surface area (Å²) >= 11 is 0. The van der Waals surface area contributed by atoms with E-state index in [0.29, 0.717) is 0 Å². The highest BCUT2D eigenvalue weighted by Crippen LogP contribution is 2.23. The van der Waals surface area contributed by atoms with Crippen LogP contribution in [0.1, 0.15) is 18.1 Å². The molecule has 0 saturated carbocycles. The lowest BCUT2D eigenvalue weighted by Crippen LogP contribution is -2.48. The molecule has 1 aliphatic heterocycles. The van der Waals surface area contributed by atoms with Crippen molar-refractivity contribution in [2.24, 2.45) is 0 Å². The smallest absolute Gasteiger partial charge is 0.248 e. The maximum Gasteiger partial charge on any atom is 0.248 e. The van der Waals surface area contributed by atoms with Gasteiger partial charge in [0.15, 0.2) is 0 Å². The number of ether oxygens (including phenoxy) is 1. The highest BCUT2D eigenvalue weighted by molar-refractivity contribution is 5.95. The number of nitrogens with zero attached hydrogens (tertiary/aromatic N) is 2. The van der Waals surface area contributed by atoms with Gasteiger partial charge in [0.05, 0.1) is 18.7 Å². The molecule has 0 unspecified atom stereocenters. The first-order valence-corrected chi connectivity index (χ1v) is 6.64. The Kier molecular flexibility index (Phi) is 3.03. The van der Waals surface area contributed by atoms with E-state index in [2.05, 4.69) is 4.90 Å². The second-order valence-electron chi connectivity index (χ2n) is 5.01. The summed E-state index contributed by atoms with van der Waals surface area (Å²) in [4.78, 5) is 14.7. The lowest BCUT2D eigenvalue weighted by Gasteiger charge is -2.35.